The molecule has 1 aliphatic heterocycles. The maximum atomic E-state index is 14.1. The highest BCUT2D eigenvalue weighted by molar-refractivity contribution is 7.92. The van der Waals surface area contributed by atoms with Crippen molar-refractivity contribution in [2.75, 3.05) is 26.7 Å². The van der Waals surface area contributed by atoms with Crippen molar-refractivity contribution in [3.8, 4) is 0 Å². The molecule has 1 unspecified atom stereocenters. The van der Waals surface area contributed by atoms with Crippen molar-refractivity contribution in [3.05, 3.63) is 77.9 Å². The zero-order valence-electron chi connectivity index (χ0n) is 21.1. The molecular weight excluding hydrogens is 460 g/mol. The van der Waals surface area contributed by atoms with E-state index in [9.17, 15) is 13.2 Å². The van der Waals surface area contributed by atoms with E-state index in [2.05, 4.69) is 24.3 Å². The Bertz CT molecular complexity index is 1320. The number of piperazine rings is 1. The number of carbonyl (C=O) groups is 1. The summed E-state index contributed by atoms with van der Waals surface area (Å²) in [4.78, 5) is 16.3. The van der Waals surface area contributed by atoms with E-state index in [1.807, 2.05) is 42.2 Å². The van der Waals surface area contributed by atoms with Crippen LogP contribution >= 0.6 is 0 Å². The molecule has 35 heavy (non-hydrogen) atoms. The van der Waals surface area contributed by atoms with Crippen molar-refractivity contribution >= 4 is 26.7 Å². The van der Waals surface area contributed by atoms with Gasteiger partial charge in [-0.2, -0.15) is 0 Å². The van der Waals surface area contributed by atoms with E-state index < -0.39 is 26.9 Å². The number of carbonyl (C=O) groups excluding carboxylic acids is 1. The van der Waals surface area contributed by atoms with Crippen molar-refractivity contribution in [2.24, 2.45) is 0 Å². The summed E-state index contributed by atoms with van der Waals surface area (Å²) in [5.41, 5.74) is 1.19. The Kier molecular flexibility index (Phi) is 6.93. The van der Waals surface area contributed by atoms with Crippen LogP contribution in [0.2, 0.25) is 0 Å². The molecule has 186 valence electrons. The number of amides is 1. The molecule has 0 saturated carbocycles. The van der Waals surface area contributed by atoms with Gasteiger partial charge in [-0.3, -0.25) is 4.90 Å². The van der Waals surface area contributed by atoms with E-state index in [1.165, 1.54) is 4.90 Å². The SMILES string of the molecule is C[C@@H](c1ccccc1S(=O)(=O)C1CN(C(=O)OC(C)(C)C)CCN1C)c1cccc2ccccc12. The maximum absolute atomic E-state index is 14.1. The molecule has 1 amide bonds. The summed E-state index contributed by atoms with van der Waals surface area (Å²) < 4.78 is 33.6. The van der Waals surface area contributed by atoms with Crippen LogP contribution in [-0.4, -0.2) is 62.0 Å². The third-order valence-corrected chi connectivity index (χ3v) is 8.79. The van der Waals surface area contributed by atoms with Gasteiger partial charge in [-0.15, -0.1) is 0 Å². The van der Waals surface area contributed by atoms with Gasteiger partial charge in [0.15, 0.2) is 9.84 Å². The Hall–Kier alpha value is -2.90. The van der Waals surface area contributed by atoms with Crippen LogP contribution in [0.3, 0.4) is 0 Å². The third kappa shape index (κ3) is 5.21. The topological polar surface area (TPSA) is 66.9 Å². The molecule has 1 saturated heterocycles. The molecule has 3 aromatic rings. The van der Waals surface area contributed by atoms with E-state index in [1.54, 1.807) is 40.0 Å². The number of fused-ring (bicyclic) bond motifs is 1. The fourth-order valence-electron chi connectivity index (χ4n) is 4.71. The van der Waals surface area contributed by atoms with Crippen molar-refractivity contribution in [1.29, 1.82) is 0 Å². The number of benzene rings is 3. The molecule has 0 aliphatic carbocycles. The summed E-state index contributed by atoms with van der Waals surface area (Å²) in [5.74, 6) is -0.136. The lowest BCUT2D eigenvalue weighted by atomic mass is 9.89. The van der Waals surface area contributed by atoms with E-state index in [-0.39, 0.29) is 12.5 Å². The Labute approximate surface area is 208 Å². The highest BCUT2D eigenvalue weighted by Gasteiger charge is 2.39. The lowest BCUT2D eigenvalue weighted by Crippen LogP contribution is -2.56. The van der Waals surface area contributed by atoms with E-state index >= 15 is 0 Å². The first-order valence-corrected chi connectivity index (χ1v) is 13.5. The molecule has 0 aromatic heterocycles. The van der Waals surface area contributed by atoms with Crippen LogP contribution in [0.15, 0.2) is 71.6 Å². The fourth-order valence-corrected chi connectivity index (χ4v) is 6.80. The van der Waals surface area contributed by atoms with Crippen molar-refractivity contribution < 1.29 is 17.9 Å². The minimum Gasteiger partial charge on any atom is -0.444 e. The molecule has 7 heteroatoms. The molecule has 1 aliphatic rings. The molecular formula is C28H34N2O4S. The number of hydrogen-bond acceptors (Lipinski definition) is 5. The zero-order valence-corrected chi connectivity index (χ0v) is 21.9. The summed E-state index contributed by atoms with van der Waals surface area (Å²) in [5, 5.41) is 1.38. The first-order chi connectivity index (χ1) is 16.5. The van der Waals surface area contributed by atoms with Gasteiger partial charge in [-0.05, 0) is 55.8 Å². The van der Waals surface area contributed by atoms with E-state index in [4.69, 9.17) is 4.74 Å². The summed E-state index contributed by atoms with van der Waals surface area (Å²) in [6.07, 6.45) is -0.483. The summed E-state index contributed by atoms with van der Waals surface area (Å²) in [6.45, 7) is 8.40. The van der Waals surface area contributed by atoms with Crippen molar-refractivity contribution in [3.63, 3.8) is 0 Å². The number of rotatable bonds is 4. The number of sulfone groups is 1. The molecule has 2 atom stereocenters. The highest BCUT2D eigenvalue weighted by Crippen LogP contribution is 2.35. The molecule has 4 rings (SSSR count). The maximum Gasteiger partial charge on any atom is 0.410 e. The average molecular weight is 495 g/mol. The second-order valence-corrected chi connectivity index (χ2v) is 12.3. The normalized spacial score (nSPS) is 18.4. The molecule has 1 heterocycles. The summed E-state index contributed by atoms with van der Waals surface area (Å²) in [6, 6.07) is 21.5. The Morgan fingerprint density at radius 1 is 0.943 bits per heavy atom. The minimum atomic E-state index is -3.78. The number of ether oxygens (including phenoxy) is 1. The van der Waals surface area contributed by atoms with Gasteiger partial charge in [0.2, 0.25) is 0 Å². The minimum absolute atomic E-state index is 0.0602. The van der Waals surface area contributed by atoms with Crippen molar-refractivity contribution in [2.45, 2.75) is 49.5 Å². The summed E-state index contributed by atoms with van der Waals surface area (Å²) >= 11 is 0. The lowest BCUT2D eigenvalue weighted by molar-refractivity contribution is 0.0138. The standard InChI is InChI=1S/C28H34N2O4S/c1-20(22-15-10-12-21-11-6-7-14-24(21)22)23-13-8-9-16-25(23)35(32,33)26-19-30(18-17-29(26)5)27(31)34-28(2,3)4/h6-16,20,26H,17-19H2,1-5H3/t20-,26?/m1/s1. The first kappa shape index (κ1) is 25.2. The first-order valence-electron chi connectivity index (χ1n) is 12.0. The predicted octanol–water partition coefficient (Wildman–Crippen LogP) is 5.27. The van der Waals surface area contributed by atoms with Gasteiger partial charge < -0.3 is 9.64 Å². The Balaban J connectivity index is 1.70. The molecule has 0 bridgehead atoms. The molecule has 0 N–H and O–H groups in total. The molecule has 1 fully saturated rings. The van der Waals surface area contributed by atoms with Crippen LogP contribution in [-0.2, 0) is 14.6 Å². The van der Waals surface area contributed by atoms with Crippen LogP contribution in [0.25, 0.3) is 10.8 Å². The van der Waals surface area contributed by atoms with Gasteiger partial charge in [0.1, 0.15) is 11.0 Å². The number of hydrogen-bond donors (Lipinski definition) is 0. The molecule has 3 aromatic carbocycles. The van der Waals surface area contributed by atoms with Crippen LogP contribution in [0, 0.1) is 0 Å². The van der Waals surface area contributed by atoms with E-state index in [0.717, 1.165) is 21.9 Å². The van der Waals surface area contributed by atoms with Crippen molar-refractivity contribution in [1.82, 2.24) is 9.80 Å². The van der Waals surface area contributed by atoms with Crippen LogP contribution in [0.1, 0.15) is 44.7 Å². The fraction of sp³-hybridized carbons (Fsp3) is 0.393. The smallest absolute Gasteiger partial charge is 0.410 e. The molecule has 0 spiro atoms. The largest absolute Gasteiger partial charge is 0.444 e. The second-order valence-electron chi connectivity index (χ2n) is 10.2. The third-order valence-electron chi connectivity index (χ3n) is 6.58. The van der Waals surface area contributed by atoms with Gasteiger partial charge in [0.25, 0.3) is 0 Å². The lowest BCUT2D eigenvalue weighted by Gasteiger charge is -2.39. The monoisotopic (exact) mass is 494 g/mol. The van der Waals surface area contributed by atoms with Crippen LogP contribution in [0.4, 0.5) is 4.79 Å². The second kappa shape index (κ2) is 9.63. The van der Waals surface area contributed by atoms with Gasteiger partial charge in [-0.25, -0.2) is 13.2 Å². The van der Waals surface area contributed by atoms with Crippen LogP contribution < -0.4 is 0 Å². The summed E-state index contributed by atoms with van der Waals surface area (Å²) in [7, 11) is -1.98. The number of likely N-dealkylation sites (N-methyl/N-ethyl adjacent to an activating group) is 1. The highest BCUT2D eigenvalue weighted by atomic mass is 32.2. The molecule has 6 nitrogen and oxygen atoms in total. The quantitative estimate of drug-likeness (QED) is 0.494. The van der Waals surface area contributed by atoms with Gasteiger partial charge in [-0.1, -0.05) is 67.6 Å². The van der Waals surface area contributed by atoms with Gasteiger partial charge in [0.05, 0.1) is 11.4 Å². The average Bonchev–Trinajstić information content (AvgIpc) is 2.82. The predicted molar refractivity (Wildman–Crippen MR) is 139 cm³/mol. The van der Waals surface area contributed by atoms with Gasteiger partial charge >= 0.3 is 6.09 Å². The zero-order chi connectivity index (χ0) is 25.4. The Morgan fingerprint density at radius 3 is 2.31 bits per heavy atom. The van der Waals surface area contributed by atoms with Crippen LogP contribution in [0.5, 0.6) is 0 Å². The Morgan fingerprint density at radius 2 is 1.57 bits per heavy atom. The molecule has 0 radical (unpaired) electrons. The van der Waals surface area contributed by atoms with Gasteiger partial charge in [0, 0.05) is 19.0 Å². The van der Waals surface area contributed by atoms with E-state index in [0.29, 0.717) is 18.0 Å². The number of nitrogens with zero attached hydrogens (tertiary/aromatic N) is 2.